The number of guanidine groups is 1. The van der Waals surface area contributed by atoms with Gasteiger partial charge in [0.05, 0.1) is 13.7 Å². The van der Waals surface area contributed by atoms with Gasteiger partial charge in [-0.1, -0.05) is 30.3 Å². The van der Waals surface area contributed by atoms with Crippen LogP contribution in [0.2, 0.25) is 0 Å². The second-order valence-corrected chi connectivity index (χ2v) is 8.08. The van der Waals surface area contributed by atoms with E-state index in [9.17, 15) is 9.59 Å². The fourth-order valence-corrected chi connectivity index (χ4v) is 4.56. The van der Waals surface area contributed by atoms with Crippen molar-refractivity contribution in [1.29, 1.82) is 0 Å². The smallest absolute Gasteiger partial charge is 0.328 e. The number of methoxy groups -OCH3 is 1. The van der Waals surface area contributed by atoms with Crippen LogP contribution in [0.5, 0.6) is 5.75 Å². The Hall–Kier alpha value is -3.55. The van der Waals surface area contributed by atoms with E-state index in [1.165, 1.54) is 4.90 Å². The van der Waals surface area contributed by atoms with E-state index in [0.29, 0.717) is 6.54 Å². The summed E-state index contributed by atoms with van der Waals surface area (Å²) in [5.41, 5.74) is 2.98. The minimum atomic E-state index is -0.517. The number of anilines is 1. The Morgan fingerprint density at radius 1 is 1.10 bits per heavy atom. The number of benzene rings is 2. The van der Waals surface area contributed by atoms with Gasteiger partial charge in [-0.05, 0) is 30.2 Å². The molecular weight excluding hydrogens is 394 g/mol. The Bertz CT molecular complexity index is 1080. The molecule has 5 rings (SSSR count). The maximum atomic E-state index is 13.5. The van der Waals surface area contributed by atoms with E-state index in [2.05, 4.69) is 4.90 Å². The maximum Gasteiger partial charge on any atom is 0.328 e. The Morgan fingerprint density at radius 2 is 1.90 bits per heavy atom. The minimum Gasteiger partial charge on any atom is -0.497 e. The molecule has 3 amide bonds. The van der Waals surface area contributed by atoms with Gasteiger partial charge in [0.25, 0.3) is 5.91 Å². The van der Waals surface area contributed by atoms with Gasteiger partial charge < -0.3 is 19.4 Å². The summed E-state index contributed by atoms with van der Waals surface area (Å²) in [6.07, 6.45) is -0.517. The van der Waals surface area contributed by atoms with Gasteiger partial charge >= 0.3 is 6.03 Å². The monoisotopic (exact) mass is 419 g/mol. The molecule has 31 heavy (non-hydrogen) atoms. The summed E-state index contributed by atoms with van der Waals surface area (Å²) in [6, 6.07) is 14.8. The van der Waals surface area contributed by atoms with E-state index >= 15 is 0 Å². The normalized spacial score (nSPS) is 22.6. The molecule has 0 saturated carbocycles. The molecule has 0 bridgehead atoms. The van der Waals surface area contributed by atoms with E-state index in [-0.39, 0.29) is 18.5 Å². The van der Waals surface area contributed by atoms with Gasteiger partial charge in [-0.3, -0.25) is 9.69 Å². The molecule has 3 aliphatic heterocycles. The predicted molar refractivity (Wildman–Crippen MR) is 117 cm³/mol. The molecule has 8 heteroatoms. The molecule has 2 fully saturated rings. The van der Waals surface area contributed by atoms with E-state index in [0.717, 1.165) is 35.1 Å². The fourth-order valence-electron chi connectivity index (χ4n) is 4.56. The van der Waals surface area contributed by atoms with E-state index in [1.54, 1.807) is 19.1 Å². The Morgan fingerprint density at radius 3 is 2.68 bits per heavy atom. The lowest BCUT2D eigenvalue weighted by molar-refractivity contribution is -0.137. The number of amides is 3. The summed E-state index contributed by atoms with van der Waals surface area (Å²) in [6.45, 7) is 3.64. The third-order valence-corrected chi connectivity index (χ3v) is 6.33. The molecular formula is C23H25N5O3. The lowest BCUT2D eigenvalue weighted by Crippen LogP contribution is -2.64. The molecule has 8 nitrogen and oxygen atoms in total. The zero-order valence-electron chi connectivity index (χ0n) is 17.9. The SMILES string of the molecule is COc1cccc(N2CCN3C2=NC2C3C(=O)N(Cc3ccccc3C)C(=O)N2C)c1. The van der Waals surface area contributed by atoms with Crippen LogP contribution in [-0.2, 0) is 11.3 Å². The minimum absolute atomic E-state index is 0.192. The van der Waals surface area contributed by atoms with Crippen molar-refractivity contribution in [3.05, 3.63) is 59.7 Å². The average Bonchev–Trinajstić information content (AvgIpc) is 3.36. The summed E-state index contributed by atoms with van der Waals surface area (Å²) < 4.78 is 5.35. The van der Waals surface area contributed by atoms with Crippen LogP contribution in [0.15, 0.2) is 53.5 Å². The number of aryl methyl sites for hydroxylation is 1. The van der Waals surface area contributed by atoms with Crippen molar-refractivity contribution in [3.63, 3.8) is 0 Å². The van der Waals surface area contributed by atoms with Crippen molar-refractivity contribution in [3.8, 4) is 5.75 Å². The van der Waals surface area contributed by atoms with Gasteiger partial charge in [0.15, 0.2) is 12.2 Å². The first-order valence-electron chi connectivity index (χ1n) is 10.4. The fraction of sp³-hybridized carbons (Fsp3) is 0.348. The van der Waals surface area contributed by atoms with Gasteiger partial charge in [0.1, 0.15) is 5.75 Å². The van der Waals surface area contributed by atoms with Gasteiger partial charge in [-0.2, -0.15) is 0 Å². The predicted octanol–water partition coefficient (Wildman–Crippen LogP) is 2.28. The molecule has 2 saturated heterocycles. The molecule has 0 aromatic heterocycles. The number of hydrogen-bond acceptors (Lipinski definition) is 6. The van der Waals surface area contributed by atoms with Crippen LogP contribution in [0, 0.1) is 6.92 Å². The summed E-state index contributed by atoms with van der Waals surface area (Å²) in [4.78, 5) is 38.4. The molecule has 160 valence electrons. The van der Waals surface area contributed by atoms with Crippen LogP contribution in [0.25, 0.3) is 0 Å². The lowest BCUT2D eigenvalue weighted by Gasteiger charge is -2.40. The number of ether oxygens (including phenoxy) is 1. The van der Waals surface area contributed by atoms with Crippen molar-refractivity contribution in [2.75, 3.05) is 32.1 Å². The van der Waals surface area contributed by atoms with Gasteiger partial charge in [-0.15, -0.1) is 0 Å². The Kier molecular flexibility index (Phi) is 4.57. The zero-order chi connectivity index (χ0) is 21.7. The number of carbonyl (C=O) groups excluding carboxylic acids is 2. The van der Waals surface area contributed by atoms with Crippen LogP contribution in [0.3, 0.4) is 0 Å². The molecule has 3 heterocycles. The number of imide groups is 1. The number of nitrogens with zero attached hydrogens (tertiary/aromatic N) is 5. The Labute approximate surface area is 181 Å². The van der Waals surface area contributed by atoms with Crippen LogP contribution in [-0.4, -0.2) is 72.1 Å². The summed E-state index contributed by atoms with van der Waals surface area (Å²) >= 11 is 0. The van der Waals surface area contributed by atoms with Crippen LogP contribution < -0.4 is 9.64 Å². The number of fused-ring (bicyclic) bond motifs is 3. The van der Waals surface area contributed by atoms with Crippen LogP contribution in [0.4, 0.5) is 10.5 Å². The third kappa shape index (κ3) is 3.01. The standard InChI is InChI=1S/C23H25N5O3/c1-15-7-4-5-8-16(15)14-28-21(29)19-20(25(2)23(28)30)24-22-26(11-12-27(19)22)17-9-6-10-18(13-17)31-3/h4-10,13,19-20H,11-12,14H2,1-3H3. The van der Waals surface area contributed by atoms with E-state index in [1.807, 2.05) is 60.4 Å². The molecule has 0 spiro atoms. The van der Waals surface area contributed by atoms with Gasteiger partial charge in [-0.25, -0.2) is 9.79 Å². The zero-order valence-corrected chi connectivity index (χ0v) is 17.9. The first-order valence-corrected chi connectivity index (χ1v) is 10.4. The first kappa shape index (κ1) is 19.4. The third-order valence-electron chi connectivity index (χ3n) is 6.33. The molecule has 0 N–H and O–H groups in total. The van der Waals surface area contributed by atoms with E-state index < -0.39 is 12.2 Å². The van der Waals surface area contributed by atoms with Crippen molar-refractivity contribution in [2.24, 2.45) is 4.99 Å². The summed E-state index contributed by atoms with van der Waals surface area (Å²) in [5.74, 6) is 1.30. The van der Waals surface area contributed by atoms with Crippen molar-refractivity contribution in [1.82, 2.24) is 14.7 Å². The highest BCUT2D eigenvalue weighted by molar-refractivity contribution is 6.08. The molecule has 0 aliphatic carbocycles. The van der Waals surface area contributed by atoms with Crippen molar-refractivity contribution < 1.29 is 14.3 Å². The topological polar surface area (TPSA) is 68.7 Å². The van der Waals surface area contributed by atoms with Crippen molar-refractivity contribution in [2.45, 2.75) is 25.7 Å². The number of urea groups is 1. The molecule has 2 aromatic rings. The average molecular weight is 419 g/mol. The number of carbonyl (C=O) groups is 2. The summed E-state index contributed by atoms with van der Waals surface area (Å²) in [5, 5.41) is 0. The number of hydrogen-bond donors (Lipinski definition) is 0. The van der Waals surface area contributed by atoms with E-state index in [4.69, 9.17) is 9.73 Å². The number of likely N-dealkylation sites (N-methyl/N-ethyl adjacent to an activating group) is 1. The highest BCUT2D eigenvalue weighted by atomic mass is 16.5. The maximum absolute atomic E-state index is 13.5. The molecule has 2 atom stereocenters. The van der Waals surface area contributed by atoms with Crippen molar-refractivity contribution >= 4 is 23.6 Å². The lowest BCUT2D eigenvalue weighted by atomic mass is 10.1. The Balaban J connectivity index is 1.44. The number of aliphatic imine (C=N–C) groups is 1. The molecule has 0 radical (unpaired) electrons. The van der Waals surface area contributed by atoms with Gasteiger partial charge in [0, 0.05) is 31.9 Å². The van der Waals surface area contributed by atoms with Gasteiger partial charge in [0.2, 0.25) is 5.96 Å². The molecule has 2 unspecified atom stereocenters. The first-order chi connectivity index (χ1) is 15.0. The second kappa shape index (κ2) is 7.30. The van der Waals surface area contributed by atoms with Crippen LogP contribution >= 0.6 is 0 Å². The highest BCUT2D eigenvalue weighted by Crippen LogP contribution is 2.34. The van der Waals surface area contributed by atoms with Crippen LogP contribution in [0.1, 0.15) is 11.1 Å². The number of rotatable bonds is 4. The largest absolute Gasteiger partial charge is 0.497 e. The summed E-state index contributed by atoms with van der Waals surface area (Å²) in [7, 11) is 3.36. The molecule has 2 aromatic carbocycles. The molecule has 3 aliphatic rings. The quantitative estimate of drug-likeness (QED) is 0.761. The second-order valence-electron chi connectivity index (χ2n) is 8.08. The highest BCUT2D eigenvalue weighted by Gasteiger charge is 2.54.